The minimum Gasteiger partial charge on any atom is -0.465 e. The molecule has 0 saturated carbocycles. The smallest absolute Gasteiger partial charge is 0.320 e. The number of rotatable bonds is 7. The Labute approximate surface area is 86.0 Å². The highest BCUT2D eigenvalue weighted by Gasteiger charge is 2.07. The van der Waals surface area contributed by atoms with E-state index in [0.29, 0.717) is 19.7 Å². The molecule has 0 aliphatic rings. The Morgan fingerprint density at radius 3 is 2.71 bits per heavy atom. The summed E-state index contributed by atoms with van der Waals surface area (Å²) in [7, 11) is 0. The number of ether oxygens (including phenoxy) is 1. The van der Waals surface area contributed by atoms with Crippen molar-refractivity contribution < 1.29 is 9.53 Å². The Bertz CT molecular complexity index is 199. The third-order valence-electron chi connectivity index (χ3n) is 1.64. The second kappa shape index (κ2) is 8.51. The van der Waals surface area contributed by atoms with E-state index in [4.69, 9.17) is 4.74 Å². The van der Waals surface area contributed by atoms with Gasteiger partial charge in [0.25, 0.3) is 0 Å². The molecule has 0 rings (SSSR count). The molecule has 0 aromatic rings. The summed E-state index contributed by atoms with van der Waals surface area (Å²) >= 11 is 0. The van der Waals surface area contributed by atoms with E-state index >= 15 is 0 Å². The van der Waals surface area contributed by atoms with E-state index in [1.807, 2.05) is 30.9 Å². The molecule has 0 bridgehead atoms. The summed E-state index contributed by atoms with van der Waals surface area (Å²) in [5.41, 5.74) is 0. The summed E-state index contributed by atoms with van der Waals surface area (Å²) in [6.45, 7) is 9.61. The average Bonchev–Trinajstić information content (AvgIpc) is 2.15. The molecule has 3 nitrogen and oxygen atoms in total. The zero-order valence-electron chi connectivity index (χ0n) is 9.03. The van der Waals surface area contributed by atoms with Crippen molar-refractivity contribution in [3.05, 3.63) is 24.8 Å². The van der Waals surface area contributed by atoms with E-state index in [-0.39, 0.29) is 5.97 Å². The molecule has 0 atom stereocenters. The molecular weight excluding hydrogens is 178 g/mol. The molecule has 0 aromatic carbocycles. The van der Waals surface area contributed by atoms with Crippen LogP contribution >= 0.6 is 0 Å². The molecule has 3 heteroatoms. The summed E-state index contributed by atoms with van der Waals surface area (Å²) in [5.74, 6) is -0.182. The number of allylic oxidation sites excluding steroid dienone is 1. The maximum Gasteiger partial charge on any atom is 0.320 e. The molecule has 0 aromatic heterocycles. The molecule has 0 aliphatic carbocycles. The molecule has 0 fully saturated rings. The average molecular weight is 197 g/mol. The topological polar surface area (TPSA) is 29.5 Å². The Morgan fingerprint density at radius 2 is 2.21 bits per heavy atom. The highest BCUT2D eigenvalue weighted by Crippen LogP contribution is 1.91. The Balaban J connectivity index is 3.93. The summed E-state index contributed by atoms with van der Waals surface area (Å²) < 4.78 is 4.86. The lowest BCUT2D eigenvalue weighted by molar-refractivity contribution is -0.144. The number of esters is 1. The molecule has 0 aliphatic heterocycles. The van der Waals surface area contributed by atoms with E-state index in [1.165, 1.54) is 0 Å². The van der Waals surface area contributed by atoms with Crippen molar-refractivity contribution in [2.45, 2.75) is 13.8 Å². The van der Waals surface area contributed by atoms with Crippen LogP contribution in [0, 0.1) is 0 Å². The third kappa shape index (κ3) is 6.43. The zero-order valence-corrected chi connectivity index (χ0v) is 9.03. The predicted molar refractivity (Wildman–Crippen MR) is 58.1 cm³/mol. The van der Waals surface area contributed by atoms with Crippen LogP contribution in [0.15, 0.2) is 24.8 Å². The molecule has 14 heavy (non-hydrogen) atoms. The lowest BCUT2D eigenvalue weighted by atomic mass is 10.4. The standard InChI is InChI=1S/C11H19NO2/c1-4-7-9-12(8-5-2)10-11(13)14-6-3/h4-5,7H,2,6,8-10H2,1,3H3/b7-4+. The fraction of sp³-hybridized carbons (Fsp3) is 0.545. The first-order valence-electron chi connectivity index (χ1n) is 4.84. The lowest BCUT2D eigenvalue weighted by Gasteiger charge is -2.17. The van der Waals surface area contributed by atoms with Gasteiger partial charge in [0.15, 0.2) is 0 Å². The van der Waals surface area contributed by atoms with Crippen molar-refractivity contribution in [2.24, 2.45) is 0 Å². The zero-order chi connectivity index (χ0) is 10.8. The molecule has 80 valence electrons. The lowest BCUT2D eigenvalue weighted by Crippen LogP contribution is -2.31. The van der Waals surface area contributed by atoms with Crippen molar-refractivity contribution in [3.63, 3.8) is 0 Å². The SMILES string of the molecule is C=CCN(C/C=C/C)CC(=O)OCC. The molecular formula is C11H19NO2. The second-order valence-electron chi connectivity index (χ2n) is 2.86. The predicted octanol–water partition coefficient (Wildman–Crippen LogP) is 1.61. The summed E-state index contributed by atoms with van der Waals surface area (Å²) in [4.78, 5) is 13.1. The molecule has 0 saturated heterocycles. The fourth-order valence-corrected chi connectivity index (χ4v) is 1.03. The summed E-state index contributed by atoms with van der Waals surface area (Å²) in [5, 5.41) is 0. The van der Waals surface area contributed by atoms with E-state index in [1.54, 1.807) is 6.08 Å². The van der Waals surface area contributed by atoms with E-state index in [9.17, 15) is 4.79 Å². The highest BCUT2D eigenvalue weighted by molar-refractivity contribution is 5.71. The molecule has 0 spiro atoms. The highest BCUT2D eigenvalue weighted by atomic mass is 16.5. The maximum atomic E-state index is 11.2. The van der Waals surface area contributed by atoms with Crippen LogP contribution in [0.3, 0.4) is 0 Å². The Kier molecular flexibility index (Phi) is 7.84. The van der Waals surface area contributed by atoms with Gasteiger partial charge in [0.05, 0.1) is 13.2 Å². The summed E-state index contributed by atoms with van der Waals surface area (Å²) in [6, 6.07) is 0. The van der Waals surface area contributed by atoms with Crippen LogP contribution in [-0.4, -0.2) is 37.1 Å². The first-order chi connectivity index (χ1) is 6.74. The van der Waals surface area contributed by atoms with Gasteiger partial charge in [0.1, 0.15) is 0 Å². The summed E-state index contributed by atoms with van der Waals surface area (Å²) in [6.07, 6.45) is 5.74. The van der Waals surface area contributed by atoms with Crippen molar-refractivity contribution in [3.8, 4) is 0 Å². The van der Waals surface area contributed by atoms with Crippen LogP contribution < -0.4 is 0 Å². The van der Waals surface area contributed by atoms with Gasteiger partial charge in [-0.25, -0.2) is 0 Å². The molecule has 0 heterocycles. The van der Waals surface area contributed by atoms with Gasteiger partial charge in [-0.1, -0.05) is 18.2 Å². The van der Waals surface area contributed by atoms with Crippen molar-refractivity contribution in [2.75, 3.05) is 26.2 Å². The first kappa shape index (κ1) is 12.9. The van der Waals surface area contributed by atoms with Gasteiger partial charge >= 0.3 is 5.97 Å². The van der Waals surface area contributed by atoms with E-state index < -0.39 is 0 Å². The van der Waals surface area contributed by atoms with Crippen LogP contribution in [0.2, 0.25) is 0 Å². The van der Waals surface area contributed by atoms with Gasteiger partial charge < -0.3 is 4.74 Å². The monoisotopic (exact) mass is 197 g/mol. The van der Waals surface area contributed by atoms with Crippen LogP contribution in [0.25, 0.3) is 0 Å². The molecule has 0 unspecified atom stereocenters. The van der Waals surface area contributed by atoms with E-state index in [0.717, 1.165) is 6.54 Å². The molecule has 0 amide bonds. The number of hydrogen-bond donors (Lipinski definition) is 0. The van der Waals surface area contributed by atoms with Gasteiger partial charge in [-0.2, -0.15) is 0 Å². The number of nitrogens with zero attached hydrogens (tertiary/aromatic N) is 1. The van der Waals surface area contributed by atoms with Crippen LogP contribution in [-0.2, 0) is 9.53 Å². The molecule has 0 N–H and O–H groups in total. The Hall–Kier alpha value is -1.09. The van der Waals surface area contributed by atoms with Gasteiger partial charge in [-0.15, -0.1) is 6.58 Å². The maximum absolute atomic E-state index is 11.2. The van der Waals surface area contributed by atoms with Gasteiger partial charge in [-0.05, 0) is 13.8 Å². The van der Waals surface area contributed by atoms with Crippen molar-refractivity contribution >= 4 is 5.97 Å². The Morgan fingerprint density at radius 1 is 1.50 bits per heavy atom. The second-order valence-corrected chi connectivity index (χ2v) is 2.86. The van der Waals surface area contributed by atoms with Gasteiger partial charge in [0.2, 0.25) is 0 Å². The fourth-order valence-electron chi connectivity index (χ4n) is 1.03. The quantitative estimate of drug-likeness (QED) is 0.459. The van der Waals surface area contributed by atoms with Gasteiger partial charge in [-0.3, -0.25) is 9.69 Å². The first-order valence-corrected chi connectivity index (χ1v) is 4.84. The van der Waals surface area contributed by atoms with Crippen molar-refractivity contribution in [1.82, 2.24) is 4.90 Å². The minimum atomic E-state index is -0.182. The number of carbonyl (C=O) groups excluding carboxylic acids is 1. The van der Waals surface area contributed by atoms with Crippen LogP contribution in [0.1, 0.15) is 13.8 Å². The third-order valence-corrected chi connectivity index (χ3v) is 1.64. The normalized spacial score (nSPS) is 10.8. The van der Waals surface area contributed by atoms with E-state index in [2.05, 4.69) is 6.58 Å². The van der Waals surface area contributed by atoms with Crippen LogP contribution in [0.4, 0.5) is 0 Å². The minimum absolute atomic E-state index is 0.182. The molecule has 0 radical (unpaired) electrons. The van der Waals surface area contributed by atoms with Gasteiger partial charge in [0, 0.05) is 13.1 Å². The largest absolute Gasteiger partial charge is 0.465 e. The van der Waals surface area contributed by atoms with Crippen LogP contribution in [0.5, 0.6) is 0 Å². The number of hydrogen-bond acceptors (Lipinski definition) is 3. The van der Waals surface area contributed by atoms with Crippen molar-refractivity contribution in [1.29, 1.82) is 0 Å². The number of carbonyl (C=O) groups is 1.